The highest BCUT2D eigenvalue weighted by molar-refractivity contribution is 5.91. The van der Waals surface area contributed by atoms with E-state index in [1.54, 1.807) is 0 Å². The quantitative estimate of drug-likeness (QED) is 0.667. The van der Waals surface area contributed by atoms with E-state index >= 15 is 0 Å². The first-order valence-electron chi connectivity index (χ1n) is 9.13. The van der Waals surface area contributed by atoms with Crippen LogP contribution in [0.25, 0.3) is 0 Å². The first-order chi connectivity index (χ1) is 10.4. The zero-order valence-corrected chi connectivity index (χ0v) is 14.2. The topological polar surface area (TPSA) is 34.1 Å². The fourth-order valence-corrected chi connectivity index (χ4v) is 6.84. The van der Waals surface area contributed by atoms with Crippen molar-refractivity contribution in [3.63, 3.8) is 0 Å². The molecule has 4 rings (SSSR count). The Morgan fingerprint density at radius 1 is 1.05 bits per heavy atom. The molecule has 4 aliphatic rings. The third kappa shape index (κ3) is 1.73. The maximum absolute atomic E-state index is 12.6. The van der Waals surface area contributed by atoms with Crippen LogP contribution in [0.15, 0.2) is 11.6 Å². The SMILES string of the molecule is CC1CC(=O)[C@@]2(C)CC[C@@H]3[C@@H](CCC4=CC(=O)CC[C@@]43C)[C@H]12. The van der Waals surface area contributed by atoms with Crippen molar-refractivity contribution >= 4 is 11.6 Å². The number of fused-ring (bicyclic) bond motifs is 5. The van der Waals surface area contributed by atoms with Gasteiger partial charge in [-0.25, -0.2) is 0 Å². The molecule has 0 heterocycles. The van der Waals surface area contributed by atoms with Crippen molar-refractivity contribution < 1.29 is 9.59 Å². The van der Waals surface area contributed by atoms with E-state index in [0.717, 1.165) is 32.1 Å². The number of hydrogen-bond donors (Lipinski definition) is 0. The van der Waals surface area contributed by atoms with Gasteiger partial charge in [-0.05, 0) is 67.3 Å². The Kier molecular flexibility index (Phi) is 3.03. The van der Waals surface area contributed by atoms with Crippen LogP contribution in [0.1, 0.15) is 65.7 Å². The van der Waals surface area contributed by atoms with Crippen molar-refractivity contribution in [2.75, 3.05) is 0 Å². The summed E-state index contributed by atoms with van der Waals surface area (Å²) < 4.78 is 0. The lowest BCUT2D eigenvalue weighted by Gasteiger charge is -2.57. The van der Waals surface area contributed by atoms with Crippen molar-refractivity contribution in [2.45, 2.75) is 65.7 Å². The Morgan fingerprint density at radius 2 is 1.82 bits per heavy atom. The number of carbonyl (C=O) groups is 2. The summed E-state index contributed by atoms with van der Waals surface area (Å²) in [6.07, 6.45) is 9.04. The average molecular weight is 300 g/mol. The monoisotopic (exact) mass is 300 g/mol. The van der Waals surface area contributed by atoms with Gasteiger partial charge in [0.25, 0.3) is 0 Å². The minimum Gasteiger partial charge on any atom is -0.299 e. The van der Waals surface area contributed by atoms with Gasteiger partial charge in [-0.15, -0.1) is 0 Å². The van der Waals surface area contributed by atoms with Crippen LogP contribution in [0.4, 0.5) is 0 Å². The largest absolute Gasteiger partial charge is 0.299 e. The molecular weight excluding hydrogens is 272 g/mol. The van der Waals surface area contributed by atoms with Gasteiger partial charge >= 0.3 is 0 Å². The predicted molar refractivity (Wildman–Crippen MR) is 86.3 cm³/mol. The van der Waals surface area contributed by atoms with Crippen LogP contribution in [-0.2, 0) is 9.59 Å². The summed E-state index contributed by atoms with van der Waals surface area (Å²) in [5.74, 6) is 3.35. The number of rotatable bonds is 0. The van der Waals surface area contributed by atoms with E-state index in [0.29, 0.717) is 35.2 Å². The number of ketones is 2. The van der Waals surface area contributed by atoms with E-state index in [2.05, 4.69) is 20.8 Å². The third-order valence-electron chi connectivity index (χ3n) is 7.97. The molecule has 6 atom stereocenters. The molecule has 0 spiro atoms. The molecule has 0 saturated heterocycles. The Labute approximate surface area is 133 Å². The van der Waals surface area contributed by atoms with Crippen molar-refractivity contribution in [1.82, 2.24) is 0 Å². The van der Waals surface area contributed by atoms with Gasteiger partial charge in [0, 0.05) is 18.3 Å². The molecular formula is C20H28O2. The van der Waals surface area contributed by atoms with E-state index in [1.807, 2.05) is 6.08 Å². The van der Waals surface area contributed by atoms with Crippen LogP contribution in [0.3, 0.4) is 0 Å². The number of Topliss-reactive ketones (excluding diaryl/α,β-unsaturated/α-hetero) is 1. The molecule has 2 nitrogen and oxygen atoms in total. The van der Waals surface area contributed by atoms with E-state index in [4.69, 9.17) is 0 Å². The van der Waals surface area contributed by atoms with E-state index in [-0.39, 0.29) is 10.8 Å². The fraction of sp³-hybridized carbons (Fsp3) is 0.800. The zero-order chi connectivity index (χ0) is 15.7. The van der Waals surface area contributed by atoms with Crippen LogP contribution < -0.4 is 0 Å². The lowest BCUT2D eigenvalue weighted by atomic mass is 9.47. The minimum atomic E-state index is -0.0529. The molecule has 2 heteroatoms. The minimum absolute atomic E-state index is 0.0529. The van der Waals surface area contributed by atoms with Gasteiger partial charge in [0.05, 0.1) is 0 Å². The lowest BCUT2D eigenvalue weighted by molar-refractivity contribution is -0.133. The Hall–Kier alpha value is -0.920. The highest BCUT2D eigenvalue weighted by atomic mass is 16.1. The molecule has 4 aliphatic carbocycles. The predicted octanol–water partition coefficient (Wildman–Crippen LogP) is 4.33. The van der Waals surface area contributed by atoms with E-state index in [1.165, 1.54) is 18.4 Å². The van der Waals surface area contributed by atoms with Gasteiger partial charge in [0.15, 0.2) is 5.78 Å². The maximum Gasteiger partial charge on any atom is 0.155 e. The Balaban J connectivity index is 1.73. The van der Waals surface area contributed by atoms with E-state index in [9.17, 15) is 9.59 Å². The summed E-state index contributed by atoms with van der Waals surface area (Å²) in [6, 6.07) is 0. The third-order valence-corrected chi connectivity index (χ3v) is 7.97. The number of carbonyl (C=O) groups excluding carboxylic acids is 2. The second-order valence-electron chi connectivity index (χ2n) is 8.95. The molecule has 0 amide bonds. The number of allylic oxidation sites excluding steroid dienone is 1. The summed E-state index contributed by atoms with van der Waals surface area (Å²) in [7, 11) is 0. The van der Waals surface area contributed by atoms with Gasteiger partial charge in [0.2, 0.25) is 0 Å². The molecule has 0 N–H and O–H groups in total. The molecule has 0 radical (unpaired) electrons. The Morgan fingerprint density at radius 3 is 2.59 bits per heavy atom. The second-order valence-corrected chi connectivity index (χ2v) is 8.95. The van der Waals surface area contributed by atoms with Crippen molar-refractivity contribution in [2.24, 2.45) is 34.5 Å². The van der Waals surface area contributed by atoms with Crippen molar-refractivity contribution in [3.8, 4) is 0 Å². The number of hydrogen-bond acceptors (Lipinski definition) is 2. The summed E-state index contributed by atoms with van der Waals surface area (Å²) in [5, 5.41) is 0. The molecule has 0 aromatic carbocycles. The smallest absolute Gasteiger partial charge is 0.155 e. The van der Waals surface area contributed by atoms with Gasteiger partial charge in [0.1, 0.15) is 5.78 Å². The molecule has 1 unspecified atom stereocenters. The molecule has 3 saturated carbocycles. The summed E-state index contributed by atoms with van der Waals surface area (Å²) in [4.78, 5) is 24.4. The maximum atomic E-state index is 12.6. The zero-order valence-electron chi connectivity index (χ0n) is 14.2. The van der Waals surface area contributed by atoms with Crippen LogP contribution in [0.5, 0.6) is 0 Å². The first-order valence-corrected chi connectivity index (χ1v) is 9.13. The highest BCUT2D eigenvalue weighted by Gasteiger charge is 2.60. The van der Waals surface area contributed by atoms with Crippen LogP contribution in [0.2, 0.25) is 0 Å². The summed E-state index contributed by atoms with van der Waals surface area (Å²) in [6.45, 7) is 6.96. The Bertz CT molecular complexity index is 574. The fourth-order valence-electron chi connectivity index (χ4n) is 6.84. The summed E-state index contributed by atoms with van der Waals surface area (Å²) >= 11 is 0. The molecule has 22 heavy (non-hydrogen) atoms. The second kappa shape index (κ2) is 4.55. The molecule has 3 fully saturated rings. The van der Waals surface area contributed by atoms with Gasteiger partial charge in [-0.3, -0.25) is 9.59 Å². The van der Waals surface area contributed by atoms with Crippen LogP contribution >= 0.6 is 0 Å². The van der Waals surface area contributed by atoms with E-state index < -0.39 is 0 Å². The normalized spacial score (nSPS) is 51.0. The van der Waals surface area contributed by atoms with Gasteiger partial charge < -0.3 is 0 Å². The van der Waals surface area contributed by atoms with Crippen molar-refractivity contribution in [3.05, 3.63) is 11.6 Å². The van der Waals surface area contributed by atoms with Crippen molar-refractivity contribution in [1.29, 1.82) is 0 Å². The first kappa shape index (κ1) is 14.7. The average Bonchev–Trinajstić information content (AvgIpc) is 2.70. The molecule has 0 bridgehead atoms. The van der Waals surface area contributed by atoms with Gasteiger partial charge in [-0.2, -0.15) is 0 Å². The van der Waals surface area contributed by atoms with Crippen LogP contribution in [0, 0.1) is 34.5 Å². The van der Waals surface area contributed by atoms with Crippen LogP contribution in [-0.4, -0.2) is 11.6 Å². The molecule has 0 aromatic heterocycles. The molecule has 0 aliphatic heterocycles. The molecule has 0 aromatic rings. The standard InChI is InChI=1S/C20H28O2/c1-12-10-17(22)20(3)9-7-16-15(18(12)20)5-4-13-11-14(21)6-8-19(13,16)2/h11-12,15-16,18H,4-10H2,1-3H3/t12?,15-,16-,18+,19+,20-/m1/s1. The highest BCUT2D eigenvalue weighted by Crippen LogP contribution is 2.65. The van der Waals surface area contributed by atoms with Gasteiger partial charge in [-0.1, -0.05) is 26.3 Å². The summed E-state index contributed by atoms with van der Waals surface area (Å²) in [5.41, 5.74) is 1.59. The molecule has 120 valence electrons. The lowest BCUT2D eigenvalue weighted by Crippen LogP contribution is -2.51.